The molecule has 0 aliphatic carbocycles. The number of hydrogen-bond acceptors (Lipinski definition) is 6. The van der Waals surface area contributed by atoms with Gasteiger partial charge in [-0.3, -0.25) is 0 Å². The van der Waals surface area contributed by atoms with Gasteiger partial charge in [0.15, 0.2) is 5.65 Å². The second-order valence-corrected chi connectivity index (χ2v) is 6.39. The van der Waals surface area contributed by atoms with Crippen LogP contribution in [0.4, 0.5) is 5.82 Å². The van der Waals surface area contributed by atoms with E-state index < -0.39 is 0 Å². The number of ether oxygens (including phenoxy) is 1. The monoisotopic (exact) mass is 346 g/mol. The van der Waals surface area contributed by atoms with E-state index in [1.807, 2.05) is 30.3 Å². The van der Waals surface area contributed by atoms with Crippen LogP contribution in [0, 0.1) is 5.92 Å². The van der Waals surface area contributed by atoms with E-state index in [0.29, 0.717) is 22.4 Å². The number of methoxy groups -OCH3 is 1. The van der Waals surface area contributed by atoms with Crippen molar-refractivity contribution in [3.8, 4) is 5.75 Å². The van der Waals surface area contributed by atoms with E-state index in [0.717, 1.165) is 17.7 Å². The summed E-state index contributed by atoms with van der Waals surface area (Å²) >= 11 is 6.19. The number of fused-ring (bicyclic) bond motifs is 1. The van der Waals surface area contributed by atoms with E-state index in [4.69, 9.17) is 16.3 Å². The highest BCUT2D eigenvalue weighted by molar-refractivity contribution is 6.30. The van der Waals surface area contributed by atoms with Crippen LogP contribution in [-0.2, 0) is 0 Å². The van der Waals surface area contributed by atoms with Crippen molar-refractivity contribution in [3.63, 3.8) is 0 Å². The minimum Gasteiger partial charge on any atom is -0.496 e. The normalized spacial score (nSPS) is 12.5. The summed E-state index contributed by atoms with van der Waals surface area (Å²) in [4.78, 5) is 0. The fraction of sp³-hybridized carbons (Fsp3) is 0.375. The summed E-state index contributed by atoms with van der Waals surface area (Å²) in [5.41, 5.74) is 1.60. The lowest BCUT2D eigenvalue weighted by atomic mass is 9.96. The fourth-order valence-electron chi connectivity index (χ4n) is 2.62. The van der Waals surface area contributed by atoms with E-state index >= 15 is 0 Å². The lowest BCUT2D eigenvalue weighted by molar-refractivity contribution is 0.402. The molecule has 0 aliphatic rings. The number of nitrogens with one attached hydrogen (secondary N) is 1. The molecule has 1 unspecified atom stereocenters. The van der Waals surface area contributed by atoms with E-state index in [-0.39, 0.29) is 6.04 Å². The van der Waals surface area contributed by atoms with Crippen LogP contribution in [0.25, 0.3) is 5.65 Å². The van der Waals surface area contributed by atoms with Gasteiger partial charge in [-0.2, -0.15) is 0 Å². The molecule has 3 aromatic rings. The molecule has 0 saturated carbocycles. The lowest BCUT2D eigenvalue weighted by Crippen LogP contribution is -2.16. The minimum atomic E-state index is 0.0000746. The Kier molecular flexibility index (Phi) is 4.80. The van der Waals surface area contributed by atoms with Gasteiger partial charge in [-0.25, -0.2) is 0 Å². The summed E-state index contributed by atoms with van der Waals surface area (Å²) in [6, 6.07) is 9.30. The van der Waals surface area contributed by atoms with Gasteiger partial charge in [0, 0.05) is 10.6 Å². The molecule has 0 amide bonds. The lowest BCUT2D eigenvalue weighted by Gasteiger charge is -2.23. The number of benzene rings is 1. The first-order valence-corrected chi connectivity index (χ1v) is 8.10. The van der Waals surface area contributed by atoms with E-state index in [2.05, 4.69) is 39.8 Å². The topological polar surface area (TPSA) is 77.2 Å². The van der Waals surface area contributed by atoms with Crippen LogP contribution >= 0.6 is 11.6 Å². The van der Waals surface area contributed by atoms with Crippen molar-refractivity contribution in [1.29, 1.82) is 0 Å². The van der Waals surface area contributed by atoms with Crippen LogP contribution in [0.3, 0.4) is 0 Å². The van der Waals surface area contributed by atoms with Gasteiger partial charge in [-0.15, -0.1) is 14.8 Å². The first-order valence-electron chi connectivity index (χ1n) is 7.72. The third-order valence-corrected chi connectivity index (χ3v) is 3.90. The maximum absolute atomic E-state index is 6.19. The molecular formula is C16H19ClN6O. The number of halogens is 1. The van der Waals surface area contributed by atoms with Crippen LogP contribution in [-0.4, -0.2) is 32.4 Å². The molecule has 0 fully saturated rings. The molecule has 1 aromatic carbocycles. The summed E-state index contributed by atoms with van der Waals surface area (Å²) in [6.07, 6.45) is 0.895. The van der Waals surface area contributed by atoms with Gasteiger partial charge in [0.2, 0.25) is 0 Å². The average molecular weight is 347 g/mol. The average Bonchev–Trinajstić information content (AvgIpc) is 3.01. The third-order valence-electron chi connectivity index (χ3n) is 3.67. The second-order valence-electron chi connectivity index (χ2n) is 5.96. The molecule has 2 heterocycles. The van der Waals surface area contributed by atoms with Crippen molar-refractivity contribution in [2.75, 3.05) is 12.4 Å². The zero-order valence-corrected chi connectivity index (χ0v) is 14.5. The largest absolute Gasteiger partial charge is 0.496 e. The molecule has 126 valence electrons. The summed E-state index contributed by atoms with van der Waals surface area (Å²) in [6.45, 7) is 4.34. The molecule has 0 spiro atoms. The highest BCUT2D eigenvalue weighted by atomic mass is 35.5. The SMILES string of the molecule is COc1ccc(Cl)cc1C(CC(C)C)Nc1ccc2nnnn2n1. The third kappa shape index (κ3) is 3.56. The number of anilines is 1. The summed E-state index contributed by atoms with van der Waals surface area (Å²) in [5, 5.41) is 19.8. The predicted molar refractivity (Wildman–Crippen MR) is 92.4 cm³/mol. The van der Waals surface area contributed by atoms with Crippen LogP contribution in [0.5, 0.6) is 5.75 Å². The molecule has 1 N–H and O–H groups in total. The highest BCUT2D eigenvalue weighted by Crippen LogP contribution is 2.33. The quantitative estimate of drug-likeness (QED) is 0.737. The van der Waals surface area contributed by atoms with Crippen molar-refractivity contribution < 1.29 is 4.74 Å². The molecule has 24 heavy (non-hydrogen) atoms. The van der Waals surface area contributed by atoms with E-state index in [1.165, 1.54) is 4.63 Å². The number of rotatable bonds is 6. The Morgan fingerprint density at radius 2 is 2.08 bits per heavy atom. The molecule has 2 aromatic heterocycles. The highest BCUT2D eigenvalue weighted by Gasteiger charge is 2.19. The molecule has 1 atom stereocenters. The second kappa shape index (κ2) is 7.00. The molecule has 0 radical (unpaired) electrons. The zero-order chi connectivity index (χ0) is 17.1. The van der Waals surface area contributed by atoms with Gasteiger partial charge < -0.3 is 10.1 Å². The van der Waals surface area contributed by atoms with E-state index in [9.17, 15) is 0 Å². The fourth-order valence-corrected chi connectivity index (χ4v) is 2.80. The minimum absolute atomic E-state index is 0.0000746. The standard InChI is InChI=1S/C16H19ClN6O/c1-10(2)8-13(12-9-11(17)4-5-14(12)24-3)18-15-6-7-16-19-21-22-23(16)20-15/h4-7,9-10,13H,8H2,1-3H3,(H,18,20). The number of hydrogen-bond donors (Lipinski definition) is 1. The molecule has 3 rings (SSSR count). The maximum atomic E-state index is 6.19. The Morgan fingerprint density at radius 1 is 1.25 bits per heavy atom. The Labute approximate surface area is 145 Å². The number of tetrazole rings is 1. The maximum Gasteiger partial charge on any atom is 0.200 e. The van der Waals surface area contributed by atoms with Gasteiger partial charge in [0.25, 0.3) is 0 Å². The Balaban J connectivity index is 1.95. The van der Waals surface area contributed by atoms with Crippen LogP contribution in [0.15, 0.2) is 30.3 Å². The van der Waals surface area contributed by atoms with Crippen LogP contribution in [0.2, 0.25) is 5.02 Å². The van der Waals surface area contributed by atoms with Gasteiger partial charge in [0.1, 0.15) is 11.6 Å². The van der Waals surface area contributed by atoms with Crippen LogP contribution in [0.1, 0.15) is 31.9 Å². The first-order chi connectivity index (χ1) is 11.6. The number of nitrogens with zero attached hydrogens (tertiary/aromatic N) is 5. The molecule has 0 bridgehead atoms. The Morgan fingerprint density at radius 3 is 2.83 bits per heavy atom. The molecule has 7 nitrogen and oxygen atoms in total. The molecule has 8 heteroatoms. The smallest absolute Gasteiger partial charge is 0.200 e. The van der Waals surface area contributed by atoms with Gasteiger partial charge in [-0.1, -0.05) is 25.4 Å². The molecular weight excluding hydrogens is 328 g/mol. The van der Waals surface area contributed by atoms with Crippen LogP contribution < -0.4 is 10.1 Å². The van der Waals surface area contributed by atoms with E-state index in [1.54, 1.807) is 7.11 Å². The van der Waals surface area contributed by atoms with Crippen molar-refractivity contribution in [2.24, 2.45) is 5.92 Å². The number of aromatic nitrogens is 5. The van der Waals surface area contributed by atoms with Gasteiger partial charge >= 0.3 is 0 Å². The summed E-state index contributed by atoms with van der Waals surface area (Å²) < 4.78 is 6.89. The van der Waals surface area contributed by atoms with Gasteiger partial charge in [0.05, 0.1) is 13.2 Å². The summed E-state index contributed by atoms with van der Waals surface area (Å²) in [5.74, 6) is 1.95. The van der Waals surface area contributed by atoms with Crippen molar-refractivity contribution in [3.05, 3.63) is 40.9 Å². The Bertz CT molecular complexity index is 834. The van der Waals surface area contributed by atoms with Gasteiger partial charge in [-0.05, 0) is 53.1 Å². The first kappa shape index (κ1) is 16.4. The van der Waals surface area contributed by atoms with Crippen molar-refractivity contribution in [1.82, 2.24) is 25.3 Å². The predicted octanol–water partition coefficient (Wildman–Crippen LogP) is 3.38. The Hall–Kier alpha value is -2.41. The van der Waals surface area contributed by atoms with Crippen molar-refractivity contribution in [2.45, 2.75) is 26.3 Å². The molecule has 0 aliphatic heterocycles. The molecule has 0 saturated heterocycles. The summed E-state index contributed by atoms with van der Waals surface area (Å²) in [7, 11) is 1.66. The van der Waals surface area contributed by atoms with Crippen molar-refractivity contribution >= 4 is 23.1 Å². The zero-order valence-electron chi connectivity index (χ0n) is 13.8.